The molecule has 1 aromatic carbocycles. The van der Waals surface area contributed by atoms with E-state index in [-0.39, 0.29) is 11.6 Å². The second kappa shape index (κ2) is 6.56. The Bertz CT molecular complexity index is 629. The summed E-state index contributed by atoms with van der Waals surface area (Å²) >= 11 is 0. The maximum Gasteiger partial charge on any atom is 0.331 e. The van der Waals surface area contributed by atoms with Crippen LogP contribution in [0, 0.1) is 10.1 Å². The van der Waals surface area contributed by atoms with Crippen LogP contribution in [0.5, 0.6) is 17.4 Å². The molecule has 0 radical (unpaired) electrons. The lowest BCUT2D eigenvalue weighted by Gasteiger charge is -2.08. The number of ether oxygens (including phenoxy) is 2. The number of aromatic nitrogens is 1. The molecule has 1 N–H and O–H groups in total. The Morgan fingerprint density at radius 3 is 2.43 bits per heavy atom. The molecule has 0 bridgehead atoms. The normalized spacial score (nSPS) is 10.0. The topological polar surface area (TPSA) is 86.5 Å². The second-order valence-corrected chi connectivity index (χ2v) is 4.03. The van der Waals surface area contributed by atoms with Gasteiger partial charge in [-0.3, -0.25) is 10.1 Å². The first kappa shape index (κ1) is 14.6. The zero-order valence-electron chi connectivity index (χ0n) is 11.7. The van der Waals surface area contributed by atoms with E-state index in [1.165, 1.54) is 12.1 Å². The Kier molecular flexibility index (Phi) is 4.55. The van der Waals surface area contributed by atoms with Gasteiger partial charge in [-0.15, -0.1) is 0 Å². The molecule has 0 atom stereocenters. The Hall–Kier alpha value is -2.83. The quantitative estimate of drug-likeness (QED) is 0.649. The number of pyridine rings is 1. The molecule has 2 aromatic rings. The number of nitrogens with zero attached hydrogens (tertiary/aromatic N) is 2. The minimum Gasteiger partial charge on any atom is -0.494 e. The summed E-state index contributed by atoms with van der Waals surface area (Å²) in [6.07, 6.45) is 0. The molecule has 0 unspecified atom stereocenters. The van der Waals surface area contributed by atoms with Gasteiger partial charge >= 0.3 is 11.6 Å². The van der Waals surface area contributed by atoms with E-state index in [4.69, 9.17) is 9.47 Å². The minimum atomic E-state index is -0.531. The number of nitrogens with one attached hydrogen (secondary N) is 1. The first-order chi connectivity index (χ1) is 10.1. The fourth-order valence-corrected chi connectivity index (χ4v) is 1.67. The Morgan fingerprint density at radius 1 is 1.19 bits per heavy atom. The van der Waals surface area contributed by atoms with E-state index in [1.807, 2.05) is 6.92 Å². The average molecular weight is 289 g/mol. The summed E-state index contributed by atoms with van der Waals surface area (Å²) in [6.45, 7) is 2.46. The molecule has 0 spiro atoms. The molecule has 0 fully saturated rings. The van der Waals surface area contributed by atoms with Crippen LogP contribution in [0.2, 0.25) is 0 Å². The van der Waals surface area contributed by atoms with Crippen molar-refractivity contribution in [2.24, 2.45) is 0 Å². The number of rotatable bonds is 6. The smallest absolute Gasteiger partial charge is 0.331 e. The molecular formula is C14H15N3O4. The van der Waals surface area contributed by atoms with Crippen molar-refractivity contribution in [3.63, 3.8) is 0 Å². The van der Waals surface area contributed by atoms with E-state index >= 15 is 0 Å². The maximum absolute atomic E-state index is 11.0. The van der Waals surface area contributed by atoms with Crippen molar-refractivity contribution >= 4 is 11.5 Å². The first-order valence-corrected chi connectivity index (χ1v) is 6.38. The summed E-state index contributed by atoms with van der Waals surface area (Å²) in [5.41, 5.74) is -0.192. The Morgan fingerprint density at radius 2 is 1.86 bits per heavy atom. The van der Waals surface area contributed by atoms with Crippen LogP contribution in [0.15, 0.2) is 36.4 Å². The summed E-state index contributed by atoms with van der Waals surface area (Å²) in [4.78, 5) is 14.5. The van der Waals surface area contributed by atoms with Crippen molar-refractivity contribution in [3.05, 3.63) is 46.5 Å². The third-order valence-electron chi connectivity index (χ3n) is 2.64. The fraction of sp³-hybridized carbons (Fsp3) is 0.214. The molecule has 7 heteroatoms. The second-order valence-electron chi connectivity index (χ2n) is 4.03. The third-order valence-corrected chi connectivity index (χ3v) is 2.64. The van der Waals surface area contributed by atoms with Crippen LogP contribution in [-0.4, -0.2) is 23.6 Å². The van der Waals surface area contributed by atoms with Gasteiger partial charge in [0.2, 0.25) is 0 Å². The number of hydrogen-bond donors (Lipinski definition) is 1. The van der Waals surface area contributed by atoms with Crippen LogP contribution in [0.4, 0.5) is 11.5 Å². The average Bonchev–Trinajstić information content (AvgIpc) is 2.49. The molecule has 1 aromatic heterocycles. The highest BCUT2D eigenvalue weighted by Crippen LogP contribution is 2.31. The van der Waals surface area contributed by atoms with Crippen LogP contribution in [0.3, 0.4) is 0 Å². The van der Waals surface area contributed by atoms with Crippen LogP contribution < -0.4 is 14.8 Å². The maximum atomic E-state index is 11.0. The summed E-state index contributed by atoms with van der Waals surface area (Å²) < 4.78 is 10.8. The first-order valence-electron chi connectivity index (χ1n) is 6.38. The van der Waals surface area contributed by atoms with Crippen molar-refractivity contribution in [1.82, 2.24) is 4.98 Å². The van der Waals surface area contributed by atoms with E-state index in [0.29, 0.717) is 23.9 Å². The van der Waals surface area contributed by atoms with Crippen molar-refractivity contribution in [2.75, 3.05) is 19.0 Å². The monoisotopic (exact) mass is 289 g/mol. The summed E-state index contributed by atoms with van der Waals surface area (Å²) in [6, 6.07) is 9.66. The molecule has 7 nitrogen and oxygen atoms in total. The molecule has 0 saturated carbocycles. The van der Waals surface area contributed by atoms with Gasteiger partial charge in [-0.25, -0.2) is 0 Å². The van der Waals surface area contributed by atoms with Crippen LogP contribution in [-0.2, 0) is 0 Å². The zero-order chi connectivity index (χ0) is 15.2. The van der Waals surface area contributed by atoms with Crippen molar-refractivity contribution < 1.29 is 14.4 Å². The predicted molar refractivity (Wildman–Crippen MR) is 78.1 cm³/mol. The summed E-state index contributed by atoms with van der Waals surface area (Å²) in [5.74, 6) is 1.58. The molecule has 0 aliphatic heterocycles. The predicted octanol–water partition coefficient (Wildman–Crippen LogP) is 3.22. The lowest BCUT2D eigenvalue weighted by atomic mass is 10.3. The van der Waals surface area contributed by atoms with Gasteiger partial charge in [0.05, 0.1) is 11.5 Å². The zero-order valence-corrected chi connectivity index (χ0v) is 11.7. The Labute approximate surface area is 121 Å². The van der Waals surface area contributed by atoms with Crippen LogP contribution in [0.25, 0.3) is 0 Å². The lowest BCUT2D eigenvalue weighted by Crippen LogP contribution is -1.99. The molecule has 2 rings (SSSR count). The molecule has 0 saturated heterocycles. The van der Waals surface area contributed by atoms with Gasteiger partial charge in [-0.1, -0.05) is 0 Å². The highest BCUT2D eigenvalue weighted by Gasteiger charge is 2.18. The molecule has 1 heterocycles. The highest BCUT2D eigenvalue weighted by molar-refractivity contribution is 5.50. The van der Waals surface area contributed by atoms with Gasteiger partial charge in [0.15, 0.2) is 0 Å². The van der Waals surface area contributed by atoms with E-state index in [1.54, 1.807) is 31.3 Å². The van der Waals surface area contributed by atoms with E-state index < -0.39 is 4.92 Å². The summed E-state index contributed by atoms with van der Waals surface area (Å²) in [7, 11) is 1.68. The highest BCUT2D eigenvalue weighted by atomic mass is 16.6. The van der Waals surface area contributed by atoms with Crippen LogP contribution >= 0.6 is 0 Å². The lowest BCUT2D eigenvalue weighted by molar-refractivity contribution is -0.386. The van der Waals surface area contributed by atoms with Gasteiger partial charge in [0.1, 0.15) is 17.3 Å². The van der Waals surface area contributed by atoms with Crippen molar-refractivity contribution in [2.45, 2.75) is 6.92 Å². The third kappa shape index (κ3) is 3.59. The molecule has 0 amide bonds. The number of benzene rings is 1. The standard InChI is InChI=1S/C14H15N3O4/c1-3-20-10-4-6-11(7-5-10)21-14-12(17(18)19)8-9-13(15-2)16-14/h4-9H,3H2,1-2H3,(H,15,16). The number of hydrogen-bond acceptors (Lipinski definition) is 6. The number of nitro groups is 1. The SMILES string of the molecule is CCOc1ccc(Oc2nc(NC)ccc2[N+](=O)[O-])cc1. The molecule has 110 valence electrons. The van der Waals surface area contributed by atoms with E-state index in [2.05, 4.69) is 10.3 Å². The van der Waals surface area contributed by atoms with Crippen molar-refractivity contribution in [3.8, 4) is 17.4 Å². The fourth-order valence-electron chi connectivity index (χ4n) is 1.67. The van der Waals surface area contributed by atoms with E-state index in [9.17, 15) is 10.1 Å². The largest absolute Gasteiger partial charge is 0.494 e. The molecule has 0 aliphatic carbocycles. The number of anilines is 1. The van der Waals surface area contributed by atoms with E-state index in [0.717, 1.165) is 0 Å². The van der Waals surface area contributed by atoms with Gasteiger partial charge in [-0.2, -0.15) is 4.98 Å². The van der Waals surface area contributed by atoms with Crippen molar-refractivity contribution in [1.29, 1.82) is 0 Å². The van der Waals surface area contributed by atoms with Gasteiger partial charge in [-0.05, 0) is 37.3 Å². The van der Waals surface area contributed by atoms with Gasteiger partial charge in [0.25, 0.3) is 0 Å². The van der Waals surface area contributed by atoms with Crippen LogP contribution in [0.1, 0.15) is 6.92 Å². The Balaban J connectivity index is 2.26. The molecular weight excluding hydrogens is 274 g/mol. The molecule has 21 heavy (non-hydrogen) atoms. The molecule has 0 aliphatic rings. The van der Waals surface area contributed by atoms with Gasteiger partial charge < -0.3 is 14.8 Å². The van der Waals surface area contributed by atoms with Gasteiger partial charge in [0, 0.05) is 13.1 Å². The minimum absolute atomic E-state index is 0.0593. The summed E-state index contributed by atoms with van der Waals surface area (Å²) in [5, 5.41) is 13.8.